The number of para-hydroxylation sites is 1. The summed E-state index contributed by atoms with van der Waals surface area (Å²) >= 11 is 6.09. The van der Waals surface area contributed by atoms with Crippen LogP contribution in [0.5, 0.6) is 0 Å². The second kappa shape index (κ2) is 9.23. The van der Waals surface area contributed by atoms with Crippen molar-refractivity contribution < 1.29 is 18.8 Å². The number of piperazine rings is 1. The Kier molecular flexibility index (Phi) is 6.06. The van der Waals surface area contributed by atoms with Gasteiger partial charge in [0, 0.05) is 40.8 Å². The number of carbonyl (C=O) groups excluding carboxylic acids is 3. The Morgan fingerprint density at radius 2 is 1.69 bits per heavy atom. The Hall–Kier alpha value is -3.65. The van der Waals surface area contributed by atoms with Gasteiger partial charge >= 0.3 is 0 Å². The molecule has 9 heteroatoms. The number of H-pyrrole nitrogens is 2. The summed E-state index contributed by atoms with van der Waals surface area (Å²) in [5.74, 6) is -1.28. The molecule has 0 spiro atoms. The molecule has 39 heavy (non-hydrogen) atoms. The van der Waals surface area contributed by atoms with Crippen LogP contribution in [-0.2, 0) is 4.79 Å². The molecule has 2 aliphatic heterocycles. The number of halogens is 2. The number of carbonyl (C=O) groups is 3. The van der Waals surface area contributed by atoms with Crippen molar-refractivity contribution in [1.82, 2.24) is 19.8 Å². The molecule has 2 saturated heterocycles. The number of hydrogen-bond donors (Lipinski definition) is 2. The molecule has 2 N–H and O–H groups in total. The van der Waals surface area contributed by atoms with E-state index in [9.17, 15) is 18.8 Å². The third kappa shape index (κ3) is 4.50. The van der Waals surface area contributed by atoms with E-state index in [1.165, 1.54) is 6.07 Å². The van der Waals surface area contributed by atoms with Crippen LogP contribution < -0.4 is 0 Å². The summed E-state index contributed by atoms with van der Waals surface area (Å²) in [5, 5.41) is 2.12. The summed E-state index contributed by atoms with van der Waals surface area (Å²) in [6.45, 7) is 6.78. The Balaban J connectivity index is 1.17. The molecule has 4 heterocycles. The summed E-state index contributed by atoms with van der Waals surface area (Å²) in [6.07, 6.45) is 0.777. The number of likely N-dealkylation sites (tertiary alicyclic amines) is 2. The molecular weight excluding hydrogens is 519 g/mol. The Morgan fingerprint density at radius 3 is 2.38 bits per heavy atom. The largest absolute Gasteiger partial charge is 0.352 e. The number of ketones is 1. The fourth-order valence-electron chi connectivity index (χ4n) is 6.08. The van der Waals surface area contributed by atoms with Gasteiger partial charge in [-0.25, -0.2) is 4.39 Å². The minimum absolute atomic E-state index is 0.0534. The van der Waals surface area contributed by atoms with Crippen molar-refractivity contribution in [1.29, 1.82) is 0 Å². The molecule has 202 valence electrons. The number of aromatic nitrogens is 2. The number of nitrogens with zero attached hydrogens (tertiary/aromatic N) is 2. The first-order valence-corrected chi connectivity index (χ1v) is 13.6. The van der Waals surface area contributed by atoms with Crippen molar-refractivity contribution in [3.8, 4) is 0 Å². The number of Topliss-reactive ketones (excluding diaryl/α,β-unsaturated/α-hetero) is 1. The van der Waals surface area contributed by atoms with E-state index in [1.807, 2.05) is 31.7 Å². The van der Waals surface area contributed by atoms with Gasteiger partial charge in [-0.15, -0.1) is 0 Å². The van der Waals surface area contributed by atoms with E-state index in [-0.39, 0.29) is 36.1 Å². The zero-order chi connectivity index (χ0) is 27.6. The smallest absolute Gasteiger partial charge is 0.270 e. The van der Waals surface area contributed by atoms with Gasteiger partial charge in [-0.1, -0.05) is 50.6 Å². The van der Waals surface area contributed by atoms with E-state index in [0.717, 1.165) is 10.9 Å². The normalized spacial score (nSPS) is 19.8. The van der Waals surface area contributed by atoms with Crippen molar-refractivity contribution in [2.45, 2.75) is 45.7 Å². The molecule has 2 aromatic heterocycles. The van der Waals surface area contributed by atoms with Gasteiger partial charge < -0.3 is 19.8 Å². The SMILES string of the molecule is CC(C)(C)[C@H](CC(=O)c1cc2ccc(Cl)cc2[nH]1)C(=O)N1C[C@@H]2C[C@H]1CN2C(=O)c1cc2cccc(F)c2[nH]1. The van der Waals surface area contributed by atoms with Crippen LogP contribution in [0.25, 0.3) is 21.8 Å². The number of rotatable bonds is 5. The lowest BCUT2D eigenvalue weighted by molar-refractivity contribution is -0.141. The van der Waals surface area contributed by atoms with Crippen molar-refractivity contribution in [2.75, 3.05) is 13.1 Å². The zero-order valence-corrected chi connectivity index (χ0v) is 22.8. The molecule has 0 aliphatic carbocycles. The quantitative estimate of drug-likeness (QED) is 0.309. The Morgan fingerprint density at radius 1 is 0.974 bits per heavy atom. The summed E-state index contributed by atoms with van der Waals surface area (Å²) in [6, 6.07) is 13.4. The molecular formula is C30H30ClFN4O3. The lowest BCUT2D eigenvalue weighted by Gasteiger charge is -2.39. The fourth-order valence-corrected chi connectivity index (χ4v) is 6.26. The predicted octanol–water partition coefficient (Wildman–Crippen LogP) is 5.80. The van der Waals surface area contributed by atoms with Crippen LogP contribution in [0.4, 0.5) is 4.39 Å². The highest BCUT2D eigenvalue weighted by atomic mass is 35.5. The summed E-state index contributed by atoms with van der Waals surface area (Å²) in [5.41, 5.74) is 1.47. The number of nitrogens with one attached hydrogen (secondary N) is 2. The van der Waals surface area contributed by atoms with Crippen molar-refractivity contribution in [2.24, 2.45) is 11.3 Å². The predicted molar refractivity (Wildman–Crippen MR) is 148 cm³/mol. The molecule has 2 aliphatic rings. The fraction of sp³-hybridized carbons (Fsp3) is 0.367. The number of aromatic amines is 2. The lowest BCUT2D eigenvalue weighted by atomic mass is 9.76. The lowest BCUT2D eigenvalue weighted by Crippen LogP contribution is -2.53. The first-order valence-electron chi connectivity index (χ1n) is 13.2. The Labute approximate surface area is 230 Å². The van der Waals surface area contributed by atoms with E-state index >= 15 is 0 Å². The average molecular weight is 549 g/mol. The van der Waals surface area contributed by atoms with E-state index in [2.05, 4.69) is 9.97 Å². The Bertz CT molecular complexity index is 1630. The van der Waals surface area contributed by atoms with Crippen molar-refractivity contribution in [3.05, 3.63) is 70.8 Å². The van der Waals surface area contributed by atoms with Crippen LogP contribution in [0.15, 0.2) is 48.5 Å². The van der Waals surface area contributed by atoms with Crippen molar-refractivity contribution in [3.63, 3.8) is 0 Å². The van der Waals surface area contributed by atoms with Gasteiger partial charge in [-0.05, 0) is 42.2 Å². The van der Waals surface area contributed by atoms with Gasteiger partial charge in [-0.3, -0.25) is 14.4 Å². The van der Waals surface area contributed by atoms with Gasteiger partial charge in [0.1, 0.15) is 11.5 Å². The second-order valence-electron chi connectivity index (χ2n) is 11.8. The van der Waals surface area contributed by atoms with Gasteiger partial charge in [0.25, 0.3) is 5.91 Å². The molecule has 2 amide bonds. The average Bonchev–Trinajstić information content (AvgIpc) is 3.67. The number of benzene rings is 2. The van der Waals surface area contributed by atoms with Crippen molar-refractivity contribution >= 4 is 51.0 Å². The monoisotopic (exact) mass is 548 g/mol. The maximum Gasteiger partial charge on any atom is 0.270 e. The summed E-state index contributed by atoms with van der Waals surface area (Å²) in [4.78, 5) is 50.2. The minimum atomic E-state index is -0.514. The molecule has 2 fully saturated rings. The maximum atomic E-state index is 14.1. The number of fused-ring (bicyclic) bond motifs is 4. The molecule has 2 bridgehead atoms. The van der Waals surface area contributed by atoms with E-state index < -0.39 is 17.2 Å². The van der Waals surface area contributed by atoms with E-state index in [0.29, 0.717) is 46.8 Å². The van der Waals surface area contributed by atoms with E-state index in [4.69, 9.17) is 11.6 Å². The van der Waals surface area contributed by atoms with Gasteiger partial charge in [0.2, 0.25) is 5.91 Å². The summed E-state index contributed by atoms with van der Waals surface area (Å²) < 4.78 is 14.1. The molecule has 0 unspecified atom stereocenters. The summed E-state index contributed by atoms with van der Waals surface area (Å²) in [7, 11) is 0. The van der Waals surface area contributed by atoms with Gasteiger partial charge in [-0.2, -0.15) is 0 Å². The topological polar surface area (TPSA) is 89.3 Å². The first-order chi connectivity index (χ1) is 18.5. The van der Waals surface area contributed by atoms with Crippen LogP contribution >= 0.6 is 11.6 Å². The van der Waals surface area contributed by atoms with Crippen LogP contribution in [-0.4, -0.2) is 62.5 Å². The molecule has 4 aromatic rings. The van der Waals surface area contributed by atoms with Gasteiger partial charge in [0.05, 0.1) is 29.2 Å². The maximum absolute atomic E-state index is 14.1. The number of hydrogen-bond acceptors (Lipinski definition) is 3. The van der Waals surface area contributed by atoms with Crippen LogP contribution in [0.1, 0.15) is 54.6 Å². The molecule has 3 atom stereocenters. The molecule has 6 rings (SSSR count). The highest BCUT2D eigenvalue weighted by molar-refractivity contribution is 6.31. The highest BCUT2D eigenvalue weighted by Gasteiger charge is 2.50. The minimum Gasteiger partial charge on any atom is -0.352 e. The molecule has 0 saturated carbocycles. The molecule has 7 nitrogen and oxygen atoms in total. The van der Waals surface area contributed by atoms with E-state index in [1.54, 1.807) is 41.3 Å². The third-order valence-corrected chi connectivity index (χ3v) is 8.47. The van der Waals surface area contributed by atoms with Gasteiger partial charge in [0.15, 0.2) is 5.78 Å². The van der Waals surface area contributed by atoms with Crippen LogP contribution in [0.2, 0.25) is 5.02 Å². The first kappa shape index (κ1) is 25.6. The zero-order valence-electron chi connectivity index (χ0n) is 22.1. The van der Waals surface area contributed by atoms with Crippen LogP contribution in [0.3, 0.4) is 0 Å². The highest BCUT2D eigenvalue weighted by Crippen LogP contribution is 2.38. The third-order valence-electron chi connectivity index (χ3n) is 8.24. The number of amides is 2. The second-order valence-corrected chi connectivity index (χ2v) is 12.3. The standard InChI is InChI=1S/C30H30ClFN4O3/c1-30(2,3)21(13-26(37)24-9-16-7-8-18(31)11-23(16)33-24)28(38)35-14-20-12-19(35)15-36(20)29(39)25-10-17-5-4-6-22(32)27(17)34-25/h4-11,19-21,33-34H,12-15H2,1-3H3/t19-,20-,21+/m0/s1. The van der Waals surface area contributed by atoms with Crippen LogP contribution in [0, 0.1) is 17.2 Å². The molecule has 2 aromatic carbocycles. The molecule has 0 radical (unpaired) electrons.